The number of hydrogen-bond acceptors (Lipinski definition) is 4. The fourth-order valence-corrected chi connectivity index (χ4v) is 3.68. The first-order chi connectivity index (χ1) is 13.9. The first kappa shape index (κ1) is 19.1. The summed E-state index contributed by atoms with van der Waals surface area (Å²) in [7, 11) is 3.39. The Morgan fingerprint density at radius 3 is 2.38 bits per heavy atom. The van der Waals surface area contributed by atoms with Crippen LogP contribution in [0.4, 0.5) is 11.5 Å². The van der Waals surface area contributed by atoms with Crippen LogP contribution in [0.2, 0.25) is 5.02 Å². The molecule has 0 fully saturated rings. The van der Waals surface area contributed by atoms with Gasteiger partial charge in [0, 0.05) is 31.4 Å². The highest BCUT2D eigenvalue weighted by atomic mass is 35.5. The van der Waals surface area contributed by atoms with Gasteiger partial charge >= 0.3 is 5.69 Å². The maximum absolute atomic E-state index is 13.1. The van der Waals surface area contributed by atoms with Crippen molar-refractivity contribution in [2.75, 3.05) is 23.8 Å². The molecule has 148 valence electrons. The van der Waals surface area contributed by atoms with Gasteiger partial charge < -0.3 is 10.2 Å². The molecule has 0 saturated carbocycles. The third-order valence-corrected chi connectivity index (χ3v) is 5.36. The smallest absolute Gasteiger partial charge is 0.336 e. The minimum absolute atomic E-state index is 0.339. The molecule has 0 unspecified atom stereocenters. The summed E-state index contributed by atoms with van der Waals surface area (Å²) in [4.78, 5) is 28.1. The van der Waals surface area contributed by atoms with E-state index < -0.39 is 0 Å². The van der Waals surface area contributed by atoms with E-state index >= 15 is 0 Å². The van der Waals surface area contributed by atoms with Crippen LogP contribution in [-0.4, -0.2) is 22.7 Å². The van der Waals surface area contributed by atoms with Gasteiger partial charge in [0.2, 0.25) is 0 Å². The Kier molecular flexibility index (Phi) is 4.80. The van der Waals surface area contributed by atoms with Crippen LogP contribution >= 0.6 is 11.6 Å². The fourth-order valence-electron chi connectivity index (χ4n) is 3.55. The molecule has 1 aliphatic heterocycles. The monoisotopic (exact) mass is 408 g/mol. The largest absolute Gasteiger partial charge is 0.356 e. The summed E-state index contributed by atoms with van der Waals surface area (Å²) in [5.74, 6) is 0.575. The van der Waals surface area contributed by atoms with Gasteiger partial charge in [-0.2, -0.15) is 0 Å². The normalized spacial score (nSPS) is 13.1. The first-order valence-electron chi connectivity index (χ1n) is 9.25. The van der Waals surface area contributed by atoms with E-state index in [1.165, 1.54) is 7.05 Å². The van der Waals surface area contributed by atoms with Gasteiger partial charge in [0.25, 0.3) is 5.56 Å². The topological polar surface area (TPSA) is 59.3 Å². The van der Waals surface area contributed by atoms with Crippen molar-refractivity contribution in [3.63, 3.8) is 0 Å². The van der Waals surface area contributed by atoms with Crippen LogP contribution in [-0.2, 0) is 7.05 Å². The van der Waals surface area contributed by atoms with E-state index in [2.05, 4.69) is 5.32 Å². The molecule has 7 heteroatoms. The van der Waals surface area contributed by atoms with Crippen LogP contribution in [0.1, 0.15) is 11.1 Å². The van der Waals surface area contributed by atoms with E-state index in [0.29, 0.717) is 28.6 Å². The summed E-state index contributed by atoms with van der Waals surface area (Å²) >= 11 is 5.98. The molecule has 0 spiro atoms. The number of rotatable bonds is 3. The van der Waals surface area contributed by atoms with E-state index in [4.69, 9.17) is 11.6 Å². The van der Waals surface area contributed by atoms with Crippen LogP contribution < -0.4 is 21.5 Å². The van der Waals surface area contributed by atoms with Crippen molar-refractivity contribution in [2.24, 2.45) is 7.05 Å². The summed E-state index contributed by atoms with van der Waals surface area (Å²) in [5.41, 5.74) is 2.93. The number of anilines is 2. The highest BCUT2D eigenvalue weighted by Gasteiger charge is 2.27. The Morgan fingerprint density at radius 1 is 1.00 bits per heavy atom. The Morgan fingerprint density at radius 2 is 1.69 bits per heavy atom. The average Bonchev–Trinajstić information content (AvgIpc) is 2.71. The van der Waals surface area contributed by atoms with Crippen molar-refractivity contribution >= 4 is 28.8 Å². The molecule has 0 bridgehead atoms. The number of nitrogens with zero attached hydrogens (tertiary/aromatic N) is 3. The number of benzene rings is 2. The summed E-state index contributed by atoms with van der Waals surface area (Å²) < 4.78 is 2.77. The number of aromatic nitrogens is 2. The number of nitrogens with one attached hydrogen (secondary N) is 1. The fraction of sp³-hybridized carbons (Fsp3) is 0.182. The number of para-hydroxylation sites is 1. The molecule has 2 aromatic carbocycles. The predicted octanol–water partition coefficient (Wildman–Crippen LogP) is 3.40. The molecule has 3 aromatic rings. The molecule has 0 atom stereocenters. The van der Waals surface area contributed by atoms with E-state index in [9.17, 15) is 9.59 Å². The predicted molar refractivity (Wildman–Crippen MR) is 118 cm³/mol. The van der Waals surface area contributed by atoms with Crippen molar-refractivity contribution in [1.82, 2.24) is 9.13 Å². The van der Waals surface area contributed by atoms with Gasteiger partial charge in [0.05, 0.1) is 11.4 Å². The summed E-state index contributed by atoms with van der Waals surface area (Å²) in [5, 5.41) is 3.95. The maximum atomic E-state index is 13.1. The van der Waals surface area contributed by atoms with Gasteiger partial charge in [-0.3, -0.25) is 9.36 Å². The SMILES string of the molecule is Cc1ccccc1-n1c2c(c(=O)n(C)c1=O)C(Nc1ccc(Cl)cc1)=CCN2C. The summed E-state index contributed by atoms with van der Waals surface area (Å²) in [6.45, 7) is 2.51. The molecule has 0 aliphatic carbocycles. The molecular formula is C22H21ClN4O2. The van der Waals surface area contributed by atoms with E-state index in [0.717, 1.165) is 21.5 Å². The standard InChI is InChI=1S/C22H21ClN4O2/c1-14-6-4-5-7-18(14)27-20-19(21(28)26(3)22(27)29)17(12-13-25(20)2)24-16-10-8-15(23)9-11-16/h4-12,24H,13H2,1-3H3. The zero-order valence-corrected chi connectivity index (χ0v) is 17.2. The zero-order valence-electron chi connectivity index (χ0n) is 16.4. The van der Waals surface area contributed by atoms with E-state index in [1.54, 1.807) is 16.7 Å². The molecule has 1 aliphatic rings. The number of halogens is 1. The van der Waals surface area contributed by atoms with Crippen molar-refractivity contribution in [1.29, 1.82) is 0 Å². The van der Waals surface area contributed by atoms with Gasteiger partial charge in [0.15, 0.2) is 0 Å². The lowest BCUT2D eigenvalue weighted by molar-refractivity contribution is 0.710. The molecule has 2 heterocycles. The second kappa shape index (κ2) is 7.29. The molecular weight excluding hydrogens is 388 g/mol. The van der Waals surface area contributed by atoms with Gasteiger partial charge in [-0.15, -0.1) is 0 Å². The average molecular weight is 409 g/mol. The van der Waals surface area contributed by atoms with Crippen molar-refractivity contribution in [3.8, 4) is 5.69 Å². The molecule has 6 nitrogen and oxygen atoms in total. The zero-order chi connectivity index (χ0) is 20.7. The molecule has 29 heavy (non-hydrogen) atoms. The maximum Gasteiger partial charge on any atom is 0.336 e. The van der Waals surface area contributed by atoms with Crippen molar-refractivity contribution < 1.29 is 0 Å². The quantitative estimate of drug-likeness (QED) is 0.721. The minimum atomic E-state index is -0.373. The first-order valence-corrected chi connectivity index (χ1v) is 9.62. The van der Waals surface area contributed by atoms with Crippen LogP contribution in [0.5, 0.6) is 0 Å². The summed E-state index contributed by atoms with van der Waals surface area (Å²) in [6.07, 6.45) is 1.95. The molecule has 0 radical (unpaired) electrons. The summed E-state index contributed by atoms with van der Waals surface area (Å²) in [6, 6.07) is 14.9. The Bertz CT molecular complexity index is 1240. The molecule has 0 saturated heterocycles. The van der Waals surface area contributed by atoms with Gasteiger partial charge in [-0.25, -0.2) is 9.36 Å². The number of likely N-dealkylation sites (N-methyl/N-ethyl adjacent to an activating group) is 1. The Hall–Kier alpha value is -3.25. The van der Waals surface area contributed by atoms with Crippen LogP contribution in [0.15, 0.2) is 64.2 Å². The van der Waals surface area contributed by atoms with Crippen LogP contribution in [0.25, 0.3) is 11.4 Å². The van der Waals surface area contributed by atoms with E-state index in [1.807, 2.05) is 61.3 Å². The highest BCUT2D eigenvalue weighted by Crippen LogP contribution is 2.30. The number of fused-ring (bicyclic) bond motifs is 1. The van der Waals surface area contributed by atoms with Crippen molar-refractivity contribution in [3.05, 3.63) is 91.6 Å². The van der Waals surface area contributed by atoms with Gasteiger partial charge in [0.1, 0.15) is 11.4 Å². The van der Waals surface area contributed by atoms with Gasteiger partial charge in [-0.05, 0) is 48.9 Å². The second-order valence-electron chi connectivity index (χ2n) is 7.10. The number of hydrogen-bond donors (Lipinski definition) is 1. The number of aryl methyl sites for hydroxylation is 1. The second-order valence-corrected chi connectivity index (χ2v) is 7.53. The van der Waals surface area contributed by atoms with Crippen LogP contribution in [0.3, 0.4) is 0 Å². The van der Waals surface area contributed by atoms with Crippen molar-refractivity contribution in [2.45, 2.75) is 6.92 Å². The molecule has 0 amide bonds. The lowest BCUT2D eigenvalue weighted by Crippen LogP contribution is -2.44. The molecule has 1 N–H and O–H groups in total. The molecule has 4 rings (SSSR count). The lowest BCUT2D eigenvalue weighted by Gasteiger charge is -2.31. The third-order valence-electron chi connectivity index (χ3n) is 5.11. The highest BCUT2D eigenvalue weighted by molar-refractivity contribution is 6.30. The van der Waals surface area contributed by atoms with Crippen LogP contribution in [0, 0.1) is 6.92 Å². The molecule has 1 aromatic heterocycles. The van der Waals surface area contributed by atoms with E-state index in [-0.39, 0.29) is 11.2 Å². The third kappa shape index (κ3) is 3.25. The Balaban J connectivity index is 1.97. The van der Waals surface area contributed by atoms with Gasteiger partial charge in [-0.1, -0.05) is 29.8 Å². The minimum Gasteiger partial charge on any atom is -0.356 e. The Labute approximate surface area is 173 Å². The lowest BCUT2D eigenvalue weighted by atomic mass is 10.1.